The van der Waals surface area contributed by atoms with Crippen molar-refractivity contribution in [3.05, 3.63) is 35.7 Å². The molecule has 1 aromatic carbocycles. The van der Waals surface area contributed by atoms with Crippen molar-refractivity contribution < 1.29 is 14.4 Å². The van der Waals surface area contributed by atoms with E-state index in [0.29, 0.717) is 24.5 Å². The van der Waals surface area contributed by atoms with Gasteiger partial charge >= 0.3 is 0 Å². The van der Waals surface area contributed by atoms with Gasteiger partial charge in [0.2, 0.25) is 11.8 Å². The minimum atomic E-state index is -0.619. The van der Waals surface area contributed by atoms with Gasteiger partial charge in [0.05, 0.1) is 11.6 Å². The number of nitrogens with zero attached hydrogens (tertiary/aromatic N) is 2. The van der Waals surface area contributed by atoms with Crippen molar-refractivity contribution in [2.45, 2.75) is 57.9 Å². The number of unbranched alkanes of at least 4 members (excludes halogenated alkanes) is 2. The average molecular weight is 471 g/mol. The van der Waals surface area contributed by atoms with E-state index < -0.39 is 6.04 Å². The van der Waals surface area contributed by atoms with E-state index in [2.05, 4.69) is 20.5 Å². The van der Waals surface area contributed by atoms with Crippen molar-refractivity contribution in [2.24, 2.45) is 5.92 Å². The zero-order chi connectivity index (χ0) is 23.6. The Balaban J connectivity index is 1.61. The SMILES string of the molecule is CC(=O)CCCCC[C@H](NC(=O)C1CCCN(C)C1)C(=O)Nc1nc(-c2ccccc2)cs1. The Morgan fingerprint density at radius 3 is 2.70 bits per heavy atom. The lowest BCUT2D eigenvalue weighted by Crippen LogP contribution is -2.49. The van der Waals surface area contributed by atoms with Gasteiger partial charge in [-0.3, -0.25) is 9.59 Å². The Labute approximate surface area is 200 Å². The number of amides is 2. The lowest BCUT2D eigenvalue weighted by molar-refractivity contribution is -0.130. The highest BCUT2D eigenvalue weighted by atomic mass is 32.1. The molecule has 1 aromatic heterocycles. The van der Waals surface area contributed by atoms with Gasteiger partial charge in [0.1, 0.15) is 11.8 Å². The number of ketones is 1. The molecule has 1 aliphatic heterocycles. The molecule has 2 aromatic rings. The summed E-state index contributed by atoms with van der Waals surface area (Å²) >= 11 is 1.37. The molecule has 7 nitrogen and oxygen atoms in total. The lowest BCUT2D eigenvalue weighted by Gasteiger charge is -2.30. The minimum absolute atomic E-state index is 0.0606. The summed E-state index contributed by atoms with van der Waals surface area (Å²) in [4.78, 5) is 43.9. The van der Waals surface area contributed by atoms with Gasteiger partial charge < -0.3 is 20.3 Å². The lowest BCUT2D eigenvalue weighted by atomic mass is 9.96. The summed E-state index contributed by atoms with van der Waals surface area (Å²) in [6, 6.07) is 9.19. The van der Waals surface area contributed by atoms with Crippen LogP contribution >= 0.6 is 11.3 Å². The van der Waals surface area contributed by atoms with Gasteiger partial charge in [-0.2, -0.15) is 0 Å². The Morgan fingerprint density at radius 1 is 1.18 bits per heavy atom. The maximum Gasteiger partial charge on any atom is 0.248 e. The van der Waals surface area contributed by atoms with E-state index in [-0.39, 0.29) is 23.5 Å². The maximum absolute atomic E-state index is 13.1. The van der Waals surface area contributed by atoms with Crippen LogP contribution in [0.5, 0.6) is 0 Å². The van der Waals surface area contributed by atoms with Crippen molar-refractivity contribution >= 4 is 34.1 Å². The summed E-state index contributed by atoms with van der Waals surface area (Å²) in [6.45, 7) is 3.30. The maximum atomic E-state index is 13.1. The molecule has 0 bridgehead atoms. The highest BCUT2D eigenvalue weighted by Gasteiger charge is 2.28. The van der Waals surface area contributed by atoms with Crippen molar-refractivity contribution in [1.82, 2.24) is 15.2 Å². The standard InChI is InChI=1S/C25H34N4O3S/c1-18(30)10-5-3-8-14-21(26-23(31)20-13-9-15-29(2)16-20)24(32)28-25-27-22(17-33-25)19-11-6-4-7-12-19/h4,6-7,11-12,17,20-21H,3,5,8-10,13-16H2,1-2H3,(H,26,31)(H,27,28,32)/t20?,21-/m0/s1. The first-order valence-electron chi connectivity index (χ1n) is 11.7. The summed E-state index contributed by atoms with van der Waals surface area (Å²) < 4.78 is 0. The fraction of sp³-hybridized carbons (Fsp3) is 0.520. The van der Waals surface area contributed by atoms with E-state index >= 15 is 0 Å². The number of aromatic nitrogens is 1. The topological polar surface area (TPSA) is 91.4 Å². The van der Waals surface area contributed by atoms with Crippen LogP contribution in [0.3, 0.4) is 0 Å². The monoisotopic (exact) mass is 470 g/mol. The molecule has 2 amide bonds. The molecule has 2 heterocycles. The number of hydrogen-bond donors (Lipinski definition) is 2. The molecule has 1 aliphatic rings. The molecular weight excluding hydrogens is 436 g/mol. The Hall–Kier alpha value is -2.58. The number of anilines is 1. The van der Waals surface area contributed by atoms with E-state index in [1.165, 1.54) is 11.3 Å². The molecule has 178 valence electrons. The van der Waals surface area contributed by atoms with E-state index in [0.717, 1.165) is 49.9 Å². The summed E-state index contributed by atoms with van der Waals surface area (Å²) in [5, 5.41) is 8.33. The third-order valence-electron chi connectivity index (χ3n) is 5.95. The van der Waals surface area contributed by atoms with Gasteiger partial charge in [-0.25, -0.2) is 4.98 Å². The summed E-state index contributed by atoms with van der Waals surface area (Å²) in [5.74, 6) is -0.221. The second-order valence-electron chi connectivity index (χ2n) is 8.86. The molecule has 0 spiro atoms. The third-order valence-corrected chi connectivity index (χ3v) is 6.71. The fourth-order valence-corrected chi connectivity index (χ4v) is 4.83. The molecule has 8 heteroatoms. The van der Waals surface area contributed by atoms with E-state index in [1.807, 2.05) is 42.8 Å². The number of hydrogen-bond acceptors (Lipinski definition) is 6. The minimum Gasteiger partial charge on any atom is -0.344 e. The molecule has 0 aliphatic carbocycles. The number of Topliss-reactive ketones (excluding diaryl/α,β-unsaturated/α-hetero) is 1. The summed E-state index contributed by atoms with van der Waals surface area (Å²) in [5.41, 5.74) is 1.80. The first-order chi connectivity index (χ1) is 15.9. The smallest absolute Gasteiger partial charge is 0.248 e. The zero-order valence-electron chi connectivity index (χ0n) is 19.5. The van der Waals surface area contributed by atoms with Gasteiger partial charge in [-0.1, -0.05) is 43.2 Å². The first-order valence-corrected chi connectivity index (χ1v) is 12.6. The number of thiazole rings is 1. The Bertz CT molecular complexity index is 931. The predicted molar refractivity (Wildman–Crippen MR) is 132 cm³/mol. The zero-order valence-corrected chi connectivity index (χ0v) is 20.3. The molecule has 0 saturated carbocycles. The second kappa shape index (κ2) is 12.6. The quantitative estimate of drug-likeness (QED) is 0.482. The number of rotatable bonds is 11. The molecule has 33 heavy (non-hydrogen) atoms. The molecule has 2 atom stereocenters. The summed E-state index contributed by atoms with van der Waals surface area (Å²) in [7, 11) is 2.02. The van der Waals surface area contributed by atoms with Crippen molar-refractivity contribution in [2.75, 3.05) is 25.5 Å². The highest BCUT2D eigenvalue weighted by Crippen LogP contribution is 2.25. The molecule has 3 rings (SSSR count). The molecule has 1 unspecified atom stereocenters. The van der Waals surface area contributed by atoms with Gasteiger partial charge in [-0.05, 0) is 46.2 Å². The number of carbonyl (C=O) groups is 3. The first kappa shape index (κ1) is 25.1. The molecule has 2 N–H and O–H groups in total. The second-order valence-corrected chi connectivity index (χ2v) is 9.72. The van der Waals surface area contributed by atoms with E-state index in [9.17, 15) is 14.4 Å². The Kier molecular flexibility index (Phi) is 9.57. The number of benzene rings is 1. The van der Waals surface area contributed by atoms with Crippen LogP contribution in [0.1, 0.15) is 51.9 Å². The van der Waals surface area contributed by atoms with Crippen molar-refractivity contribution in [3.63, 3.8) is 0 Å². The van der Waals surface area contributed by atoms with E-state index in [4.69, 9.17) is 0 Å². The van der Waals surface area contributed by atoms with Crippen LogP contribution in [0.2, 0.25) is 0 Å². The van der Waals surface area contributed by atoms with Crippen LogP contribution in [0.25, 0.3) is 11.3 Å². The van der Waals surface area contributed by atoms with Gasteiger partial charge in [0.15, 0.2) is 5.13 Å². The van der Waals surface area contributed by atoms with Crippen LogP contribution in [-0.4, -0.2) is 53.7 Å². The van der Waals surface area contributed by atoms with Gasteiger partial charge in [-0.15, -0.1) is 11.3 Å². The molecule has 1 fully saturated rings. The number of piperidine rings is 1. The average Bonchev–Trinajstić information content (AvgIpc) is 3.26. The van der Waals surface area contributed by atoms with Gasteiger partial charge in [0.25, 0.3) is 0 Å². The van der Waals surface area contributed by atoms with Crippen molar-refractivity contribution in [3.8, 4) is 11.3 Å². The van der Waals surface area contributed by atoms with Crippen LogP contribution in [-0.2, 0) is 14.4 Å². The fourth-order valence-electron chi connectivity index (χ4n) is 4.10. The Morgan fingerprint density at radius 2 is 1.97 bits per heavy atom. The van der Waals surface area contributed by atoms with Gasteiger partial charge in [0, 0.05) is 23.9 Å². The number of carbonyl (C=O) groups excluding carboxylic acids is 3. The highest BCUT2D eigenvalue weighted by molar-refractivity contribution is 7.14. The van der Waals surface area contributed by atoms with E-state index in [1.54, 1.807) is 6.92 Å². The largest absolute Gasteiger partial charge is 0.344 e. The molecule has 0 radical (unpaired) electrons. The van der Waals surface area contributed by atoms with Crippen molar-refractivity contribution in [1.29, 1.82) is 0 Å². The predicted octanol–water partition coefficient (Wildman–Crippen LogP) is 4.11. The number of likely N-dealkylation sites (tertiary alicyclic amines) is 1. The number of nitrogens with one attached hydrogen (secondary N) is 2. The third kappa shape index (κ3) is 8.05. The van der Waals surface area contributed by atoms with Crippen LogP contribution in [0.4, 0.5) is 5.13 Å². The molecule has 1 saturated heterocycles. The normalized spacial score (nSPS) is 17.3. The van der Waals surface area contributed by atoms with Crippen LogP contribution in [0, 0.1) is 5.92 Å². The molecular formula is C25H34N4O3S. The van der Waals surface area contributed by atoms with Crippen LogP contribution in [0.15, 0.2) is 35.7 Å². The van der Waals surface area contributed by atoms with Crippen LogP contribution < -0.4 is 10.6 Å². The summed E-state index contributed by atoms with van der Waals surface area (Å²) in [6.07, 6.45) is 5.34.